The lowest BCUT2D eigenvalue weighted by Gasteiger charge is -2.14. The summed E-state index contributed by atoms with van der Waals surface area (Å²) in [6.45, 7) is 3.87. The van der Waals surface area contributed by atoms with Crippen LogP contribution in [-0.2, 0) is 15.9 Å². The van der Waals surface area contributed by atoms with Gasteiger partial charge in [0, 0.05) is 6.61 Å². The summed E-state index contributed by atoms with van der Waals surface area (Å²) in [5, 5.41) is 9.67. The van der Waals surface area contributed by atoms with Crippen LogP contribution >= 0.6 is 0 Å². The van der Waals surface area contributed by atoms with Crippen LogP contribution in [0.25, 0.3) is 0 Å². The van der Waals surface area contributed by atoms with Crippen LogP contribution < -0.4 is 9.47 Å². The normalized spacial score (nSPS) is 13.1. The second kappa shape index (κ2) is 12.9. The highest BCUT2D eigenvalue weighted by atomic mass is 16.5. The molecule has 5 heteroatoms. The van der Waals surface area contributed by atoms with Gasteiger partial charge in [0.15, 0.2) is 23.0 Å². The Labute approximate surface area is 162 Å². The van der Waals surface area contributed by atoms with Crippen molar-refractivity contribution < 1.29 is 24.1 Å². The van der Waals surface area contributed by atoms with Crippen molar-refractivity contribution >= 4 is 0 Å². The summed E-state index contributed by atoms with van der Waals surface area (Å²) < 4.78 is 21.1. The SMILES string of the molecule is C=C/C(OC)=C(\C=C/CCC(CO)CCc1ccc(OC)c(OC)c1)OC. The van der Waals surface area contributed by atoms with E-state index in [9.17, 15) is 5.11 Å². The van der Waals surface area contributed by atoms with E-state index in [0.29, 0.717) is 11.5 Å². The number of hydrogen-bond acceptors (Lipinski definition) is 5. The number of allylic oxidation sites excluding steroid dienone is 3. The third-order valence-electron chi connectivity index (χ3n) is 4.43. The van der Waals surface area contributed by atoms with Gasteiger partial charge in [-0.15, -0.1) is 0 Å². The molecular formula is C22H32O5. The first-order valence-corrected chi connectivity index (χ1v) is 9.06. The van der Waals surface area contributed by atoms with Crippen LogP contribution in [-0.4, -0.2) is 40.2 Å². The van der Waals surface area contributed by atoms with Crippen LogP contribution in [0.5, 0.6) is 11.5 Å². The molecule has 0 spiro atoms. The molecule has 0 aliphatic carbocycles. The first-order chi connectivity index (χ1) is 13.1. The molecule has 150 valence electrons. The van der Waals surface area contributed by atoms with Crippen molar-refractivity contribution in [2.75, 3.05) is 35.0 Å². The van der Waals surface area contributed by atoms with E-state index in [-0.39, 0.29) is 12.5 Å². The van der Waals surface area contributed by atoms with Crippen LogP contribution in [0.15, 0.2) is 54.5 Å². The van der Waals surface area contributed by atoms with Crippen molar-refractivity contribution in [1.29, 1.82) is 0 Å². The Kier molecular flexibility index (Phi) is 10.8. The highest BCUT2D eigenvalue weighted by Gasteiger charge is 2.09. The molecule has 0 radical (unpaired) electrons. The minimum absolute atomic E-state index is 0.171. The van der Waals surface area contributed by atoms with Crippen LogP contribution in [0.1, 0.15) is 24.8 Å². The van der Waals surface area contributed by atoms with Crippen LogP contribution in [0.4, 0.5) is 0 Å². The van der Waals surface area contributed by atoms with E-state index in [1.165, 1.54) is 5.56 Å². The number of aliphatic hydroxyl groups excluding tert-OH is 1. The molecule has 0 saturated carbocycles. The van der Waals surface area contributed by atoms with Gasteiger partial charge >= 0.3 is 0 Å². The van der Waals surface area contributed by atoms with E-state index < -0.39 is 0 Å². The predicted molar refractivity (Wildman–Crippen MR) is 108 cm³/mol. The van der Waals surface area contributed by atoms with Gasteiger partial charge in [0.1, 0.15) is 0 Å². The molecule has 1 rings (SSSR count). The Balaban J connectivity index is 2.57. The van der Waals surface area contributed by atoms with E-state index in [1.807, 2.05) is 30.4 Å². The minimum atomic E-state index is 0.171. The van der Waals surface area contributed by atoms with Crippen molar-refractivity contribution in [3.05, 3.63) is 60.1 Å². The maximum atomic E-state index is 9.67. The lowest BCUT2D eigenvalue weighted by Crippen LogP contribution is -2.07. The van der Waals surface area contributed by atoms with E-state index in [4.69, 9.17) is 18.9 Å². The summed E-state index contributed by atoms with van der Waals surface area (Å²) >= 11 is 0. The van der Waals surface area contributed by atoms with Crippen molar-refractivity contribution in [2.24, 2.45) is 5.92 Å². The van der Waals surface area contributed by atoms with Gasteiger partial charge < -0.3 is 24.1 Å². The standard InChI is InChI=1S/C22H32O5/c1-6-19(24-2)20(25-3)10-8-7-9-18(16-23)12-11-17-13-14-21(26-4)22(15-17)27-5/h6,8,10,13-15,18,23H,1,7,9,11-12,16H2,2-5H3/b10-8-,20-19-. The Morgan fingerprint density at radius 1 is 1.04 bits per heavy atom. The molecule has 0 aliphatic rings. The first-order valence-electron chi connectivity index (χ1n) is 9.06. The van der Waals surface area contributed by atoms with Crippen molar-refractivity contribution in [2.45, 2.75) is 25.7 Å². The Morgan fingerprint density at radius 3 is 2.30 bits per heavy atom. The quantitative estimate of drug-likeness (QED) is 0.411. The molecule has 0 aliphatic heterocycles. The molecule has 1 N–H and O–H groups in total. The number of ether oxygens (including phenoxy) is 4. The minimum Gasteiger partial charge on any atom is -0.493 e. The zero-order chi connectivity index (χ0) is 20.1. The van der Waals surface area contributed by atoms with Crippen molar-refractivity contribution in [3.63, 3.8) is 0 Å². The van der Waals surface area contributed by atoms with Gasteiger partial charge in [0.2, 0.25) is 0 Å². The van der Waals surface area contributed by atoms with Crippen LogP contribution in [0, 0.1) is 5.92 Å². The Morgan fingerprint density at radius 2 is 1.74 bits per heavy atom. The highest BCUT2D eigenvalue weighted by Crippen LogP contribution is 2.28. The van der Waals surface area contributed by atoms with E-state index in [0.717, 1.165) is 37.2 Å². The predicted octanol–water partition coefficient (Wildman–Crippen LogP) is 4.27. The summed E-state index contributed by atoms with van der Waals surface area (Å²) in [6.07, 6.45) is 9.05. The summed E-state index contributed by atoms with van der Waals surface area (Å²) in [6, 6.07) is 5.94. The molecule has 0 saturated heterocycles. The smallest absolute Gasteiger partial charge is 0.160 e. The van der Waals surface area contributed by atoms with Gasteiger partial charge in [-0.05, 0) is 61.4 Å². The average molecular weight is 376 g/mol. The molecule has 5 nitrogen and oxygen atoms in total. The fourth-order valence-electron chi connectivity index (χ4n) is 2.79. The van der Waals surface area contributed by atoms with Gasteiger partial charge in [-0.3, -0.25) is 0 Å². The van der Waals surface area contributed by atoms with Gasteiger partial charge in [0.05, 0.1) is 28.4 Å². The van der Waals surface area contributed by atoms with Gasteiger partial charge in [0.25, 0.3) is 0 Å². The van der Waals surface area contributed by atoms with Crippen LogP contribution in [0.3, 0.4) is 0 Å². The average Bonchev–Trinajstić information content (AvgIpc) is 2.72. The summed E-state index contributed by atoms with van der Waals surface area (Å²) in [5.74, 6) is 2.92. The first kappa shape index (κ1) is 22.6. The molecular weight excluding hydrogens is 344 g/mol. The maximum absolute atomic E-state index is 9.67. The Bertz CT molecular complexity index is 634. The molecule has 1 aromatic rings. The summed E-state index contributed by atoms with van der Waals surface area (Å²) in [4.78, 5) is 0. The van der Waals surface area contributed by atoms with Gasteiger partial charge in [-0.25, -0.2) is 0 Å². The number of methoxy groups -OCH3 is 4. The molecule has 0 fully saturated rings. The van der Waals surface area contributed by atoms with E-state index >= 15 is 0 Å². The molecule has 0 amide bonds. The molecule has 0 heterocycles. The fraction of sp³-hybridized carbons (Fsp3) is 0.455. The molecule has 27 heavy (non-hydrogen) atoms. The summed E-state index contributed by atoms with van der Waals surface area (Å²) in [7, 11) is 6.44. The topological polar surface area (TPSA) is 57.2 Å². The van der Waals surface area contributed by atoms with Gasteiger partial charge in [-0.2, -0.15) is 0 Å². The largest absolute Gasteiger partial charge is 0.493 e. The van der Waals surface area contributed by atoms with Crippen molar-refractivity contribution in [3.8, 4) is 11.5 Å². The molecule has 1 unspecified atom stereocenters. The highest BCUT2D eigenvalue weighted by molar-refractivity contribution is 5.42. The number of rotatable bonds is 13. The number of aliphatic hydroxyl groups is 1. The number of benzene rings is 1. The molecule has 1 aromatic carbocycles. The second-order valence-electron chi connectivity index (χ2n) is 6.10. The molecule has 1 atom stereocenters. The summed E-state index contributed by atoms with van der Waals surface area (Å²) in [5.41, 5.74) is 1.17. The zero-order valence-electron chi connectivity index (χ0n) is 16.9. The van der Waals surface area contributed by atoms with E-state index in [1.54, 1.807) is 34.5 Å². The lowest BCUT2D eigenvalue weighted by atomic mass is 9.95. The lowest BCUT2D eigenvalue weighted by molar-refractivity contribution is 0.211. The zero-order valence-corrected chi connectivity index (χ0v) is 16.9. The second-order valence-corrected chi connectivity index (χ2v) is 6.10. The van der Waals surface area contributed by atoms with Crippen LogP contribution in [0.2, 0.25) is 0 Å². The monoisotopic (exact) mass is 376 g/mol. The number of aryl methyl sites for hydroxylation is 1. The van der Waals surface area contributed by atoms with E-state index in [2.05, 4.69) is 6.58 Å². The Hall–Kier alpha value is -2.40. The third-order valence-corrected chi connectivity index (χ3v) is 4.43. The third kappa shape index (κ3) is 7.39. The molecule has 0 bridgehead atoms. The van der Waals surface area contributed by atoms with Gasteiger partial charge in [-0.1, -0.05) is 18.7 Å². The number of hydrogen-bond donors (Lipinski definition) is 1. The molecule has 0 aromatic heterocycles. The fourth-order valence-corrected chi connectivity index (χ4v) is 2.79. The maximum Gasteiger partial charge on any atom is 0.160 e. The van der Waals surface area contributed by atoms with Crippen molar-refractivity contribution in [1.82, 2.24) is 0 Å².